The lowest BCUT2D eigenvalue weighted by Crippen LogP contribution is -2.41. The van der Waals surface area contributed by atoms with Crippen LogP contribution in [0.4, 0.5) is 5.69 Å². The van der Waals surface area contributed by atoms with Gasteiger partial charge in [-0.05, 0) is 31.5 Å². The molecule has 1 atom stereocenters. The fourth-order valence-corrected chi connectivity index (χ4v) is 4.63. The van der Waals surface area contributed by atoms with Crippen molar-refractivity contribution in [3.8, 4) is 0 Å². The van der Waals surface area contributed by atoms with E-state index in [1.807, 2.05) is 54.6 Å². The van der Waals surface area contributed by atoms with Crippen molar-refractivity contribution in [2.24, 2.45) is 0 Å². The molecule has 0 spiro atoms. The minimum Gasteiger partial charge on any atom is -0.452 e. The third kappa shape index (κ3) is 3.78. The maximum Gasteiger partial charge on any atom is 0.344 e. The molecule has 2 aromatic carbocycles. The van der Waals surface area contributed by atoms with Crippen molar-refractivity contribution in [1.82, 2.24) is 5.16 Å². The number of para-hydroxylation sites is 1. The summed E-state index contributed by atoms with van der Waals surface area (Å²) in [6.45, 7) is 2.95. The van der Waals surface area contributed by atoms with Crippen LogP contribution in [0, 0.1) is 13.8 Å². The van der Waals surface area contributed by atoms with Crippen LogP contribution in [0.1, 0.15) is 33.4 Å². The number of fused-ring (bicyclic) bond motifs is 1. The summed E-state index contributed by atoms with van der Waals surface area (Å²) in [5.74, 6) is 0.226. The van der Waals surface area contributed by atoms with E-state index in [1.54, 1.807) is 30.5 Å². The Morgan fingerprint density at radius 1 is 1.14 bits per heavy atom. The smallest absolute Gasteiger partial charge is 0.344 e. The number of aromatic nitrogens is 1. The molecule has 0 fully saturated rings. The highest BCUT2D eigenvalue weighted by atomic mass is 32.2. The van der Waals surface area contributed by atoms with E-state index in [1.165, 1.54) is 0 Å². The number of hydrogen-bond acceptors (Lipinski definition) is 6. The molecule has 0 aliphatic carbocycles. The third-order valence-electron chi connectivity index (χ3n) is 4.85. The molecule has 3 aromatic rings. The van der Waals surface area contributed by atoms with Crippen LogP contribution in [0.2, 0.25) is 0 Å². The number of esters is 1. The molecule has 0 N–H and O–H groups in total. The van der Waals surface area contributed by atoms with E-state index in [-0.39, 0.29) is 24.1 Å². The van der Waals surface area contributed by atoms with Crippen LogP contribution in [0.15, 0.2) is 64.0 Å². The molecule has 148 valence electrons. The van der Waals surface area contributed by atoms with Crippen LogP contribution in [0.25, 0.3) is 0 Å². The number of aryl methyl sites for hydroxylation is 2. The van der Waals surface area contributed by atoms with Gasteiger partial charge in [0, 0.05) is 10.6 Å². The molecule has 1 aromatic heterocycles. The number of rotatable bonds is 4. The molecule has 0 unspecified atom stereocenters. The van der Waals surface area contributed by atoms with Crippen molar-refractivity contribution >= 4 is 29.3 Å². The Labute approximate surface area is 172 Å². The molecule has 6 nitrogen and oxygen atoms in total. The predicted molar refractivity (Wildman–Crippen MR) is 110 cm³/mol. The van der Waals surface area contributed by atoms with Crippen molar-refractivity contribution < 1.29 is 18.8 Å². The van der Waals surface area contributed by atoms with Crippen molar-refractivity contribution in [1.29, 1.82) is 0 Å². The fourth-order valence-electron chi connectivity index (χ4n) is 3.46. The predicted octanol–water partition coefficient (Wildman–Crippen LogP) is 4.33. The Hall–Kier alpha value is -3.06. The molecule has 0 saturated carbocycles. The highest BCUT2D eigenvalue weighted by molar-refractivity contribution is 7.99. The third-order valence-corrected chi connectivity index (χ3v) is 5.99. The highest BCUT2D eigenvalue weighted by Crippen LogP contribution is 2.43. The molecule has 1 amide bonds. The van der Waals surface area contributed by atoms with Crippen LogP contribution in [0.3, 0.4) is 0 Å². The van der Waals surface area contributed by atoms with Gasteiger partial charge in [0.05, 0.1) is 17.4 Å². The minimum atomic E-state index is -0.606. The van der Waals surface area contributed by atoms with Crippen LogP contribution in [-0.4, -0.2) is 29.4 Å². The summed E-state index contributed by atoms with van der Waals surface area (Å²) in [6.07, 6.45) is 0. The molecule has 7 heteroatoms. The van der Waals surface area contributed by atoms with E-state index in [9.17, 15) is 9.59 Å². The van der Waals surface area contributed by atoms with Crippen molar-refractivity contribution in [3.63, 3.8) is 0 Å². The Bertz CT molecular complexity index is 1030. The molecule has 1 aliphatic heterocycles. The number of anilines is 1. The lowest BCUT2D eigenvalue weighted by Gasteiger charge is -2.37. The first-order valence-electron chi connectivity index (χ1n) is 9.25. The number of carbonyl (C=O) groups excluding carboxylic acids is 2. The second kappa shape index (κ2) is 8.13. The van der Waals surface area contributed by atoms with Crippen molar-refractivity contribution in [3.05, 3.63) is 77.2 Å². The maximum absolute atomic E-state index is 13.2. The summed E-state index contributed by atoms with van der Waals surface area (Å²) in [4.78, 5) is 28.4. The number of ether oxygens (including phenoxy) is 1. The second-order valence-electron chi connectivity index (χ2n) is 6.74. The molecule has 2 heterocycles. The summed E-state index contributed by atoms with van der Waals surface area (Å²) in [7, 11) is 0. The van der Waals surface area contributed by atoms with Crippen LogP contribution in [0.5, 0.6) is 0 Å². The Balaban J connectivity index is 1.59. The van der Waals surface area contributed by atoms with E-state index >= 15 is 0 Å². The van der Waals surface area contributed by atoms with Crippen LogP contribution in [-0.2, 0) is 9.53 Å². The van der Waals surface area contributed by atoms with Gasteiger partial charge in [-0.15, -0.1) is 11.8 Å². The lowest BCUT2D eigenvalue weighted by atomic mass is 10.1. The number of benzene rings is 2. The fraction of sp³-hybridized carbons (Fsp3) is 0.227. The summed E-state index contributed by atoms with van der Waals surface area (Å²) < 4.78 is 10.3. The minimum absolute atomic E-state index is 0.138. The molecule has 0 saturated heterocycles. The maximum atomic E-state index is 13.2. The van der Waals surface area contributed by atoms with Gasteiger partial charge in [-0.3, -0.25) is 9.69 Å². The molecule has 0 radical (unpaired) electrons. The molecule has 1 aliphatic rings. The lowest BCUT2D eigenvalue weighted by molar-refractivity contribution is -0.122. The van der Waals surface area contributed by atoms with Crippen LogP contribution >= 0.6 is 11.8 Å². The number of thioether (sulfide) groups is 1. The first kappa shape index (κ1) is 19.3. The number of carbonyl (C=O) groups is 2. The van der Waals surface area contributed by atoms with E-state index < -0.39 is 5.97 Å². The van der Waals surface area contributed by atoms with E-state index in [0.29, 0.717) is 11.5 Å². The summed E-state index contributed by atoms with van der Waals surface area (Å²) in [5, 5.41) is 3.76. The first-order valence-corrected chi connectivity index (χ1v) is 10.2. The van der Waals surface area contributed by atoms with E-state index in [0.717, 1.165) is 21.9 Å². The topological polar surface area (TPSA) is 72.6 Å². The largest absolute Gasteiger partial charge is 0.452 e. The van der Waals surface area contributed by atoms with Gasteiger partial charge in [-0.1, -0.05) is 47.6 Å². The molecule has 0 bridgehead atoms. The standard InChI is InChI=1S/C22H20N2O4S/c1-14-21(15(2)28-23-14)22(26)27-12-20(25)24-17-10-6-7-11-19(17)29-13-18(24)16-8-4-3-5-9-16/h3-11,18H,12-13H2,1-2H3/t18-/m1/s1. The van der Waals surface area contributed by atoms with Gasteiger partial charge < -0.3 is 9.26 Å². The molecular formula is C22H20N2O4S. The van der Waals surface area contributed by atoms with Gasteiger partial charge >= 0.3 is 5.97 Å². The van der Waals surface area contributed by atoms with Crippen molar-refractivity contribution in [2.45, 2.75) is 24.8 Å². The first-order chi connectivity index (χ1) is 14.1. The van der Waals surface area contributed by atoms with Crippen LogP contribution < -0.4 is 4.90 Å². The SMILES string of the molecule is Cc1noc(C)c1C(=O)OCC(=O)N1c2ccccc2SC[C@@H]1c1ccccc1. The number of hydrogen-bond donors (Lipinski definition) is 0. The zero-order valence-electron chi connectivity index (χ0n) is 16.1. The Morgan fingerprint density at radius 3 is 2.59 bits per heavy atom. The molecular weight excluding hydrogens is 388 g/mol. The average molecular weight is 408 g/mol. The van der Waals surface area contributed by atoms with Gasteiger partial charge in [0.1, 0.15) is 11.3 Å². The summed E-state index contributed by atoms with van der Waals surface area (Å²) in [5.41, 5.74) is 2.59. The zero-order chi connectivity index (χ0) is 20.4. The van der Waals surface area contributed by atoms with E-state index in [4.69, 9.17) is 9.26 Å². The second-order valence-corrected chi connectivity index (χ2v) is 7.81. The molecule has 4 rings (SSSR count). The number of nitrogens with zero attached hydrogens (tertiary/aromatic N) is 2. The quantitative estimate of drug-likeness (QED) is 0.599. The monoisotopic (exact) mass is 408 g/mol. The normalized spacial score (nSPS) is 15.7. The van der Waals surface area contributed by atoms with Crippen molar-refractivity contribution in [2.75, 3.05) is 17.3 Å². The van der Waals surface area contributed by atoms with E-state index in [2.05, 4.69) is 5.16 Å². The van der Waals surface area contributed by atoms with Gasteiger partial charge in [0.2, 0.25) is 0 Å². The Kier molecular flexibility index (Phi) is 5.40. The number of amides is 1. The summed E-state index contributed by atoms with van der Waals surface area (Å²) in [6, 6.07) is 17.5. The van der Waals surface area contributed by atoms with Gasteiger partial charge in [0.25, 0.3) is 5.91 Å². The zero-order valence-corrected chi connectivity index (χ0v) is 16.9. The average Bonchev–Trinajstić information content (AvgIpc) is 3.09. The Morgan fingerprint density at radius 2 is 1.86 bits per heavy atom. The van der Waals surface area contributed by atoms with Gasteiger partial charge in [0.15, 0.2) is 6.61 Å². The van der Waals surface area contributed by atoms with Gasteiger partial charge in [-0.2, -0.15) is 0 Å². The van der Waals surface area contributed by atoms with Gasteiger partial charge in [-0.25, -0.2) is 4.79 Å². The highest BCUT2D eigenvalue weighted by Gasteiger charge is 2.33. The molecule has 29 heavy (non-hydrogen) atoms. The summed E-state index contributed by atoms with van der Waals surface area (Å²) >= 11 is 1.72.